The van der Waals surface area contributed by atoms with Crippen molar-refractivity contribution in [3.8, 4) is 6.07 Å². The lowest BCUT2D eigenvalue weighted by molar-refractivity contribution is 0.340. The van der Waals surface area contributed by atoms with Crippen molar-refractivity contribution >= 4 is 5.82 Å². The summed E-state index contributed by atoms with van der Waals surface area (Å²) in [4.78, 5) is 26.5. The molecule has 0 spiro atoms. The van der Waals surface area contributed by atoms with Gasteiger partial charge in [0.15, 0.2) is 5.56 Å². The van der Waals surface area contributed by atoms with Gasteiger partial charge in [0.1, 0.15) is 11.9 Å². The fraction of sp³-hybridized carbons (Fsp3) is 0.667. The van der Waals surface area contributed by atoms with E-state index in [1.54, 1.807) is 7.05 Å². The number of nitriles is 1. The molecule has 6 heteroatoms. The maximum Gasteiger partial charge on any atom is 0.332 e. The van der Waals surface area contributed by atoms with Crippen molar-refractivity contribution in [3.05, 3.63) is 26.4 Å². The fourth-order valence-electron chi connectivity index (χ4n) is 3.94. The Bertz CT molecular complexity index is 725. The van der Waals surface area contributed by atoms with Crippen molar-refractivity contribution in [2.24, 2.45) is 20.0 Å². The minimum absolute atomic E-state index is 0.0887. The molecule has 0 aromatic carbocycles. The topological polar surface area (TPSA) is 71.0 Å². The van der Waals surface area contributed by atoms with Crippen LogP contribution in [0.4, 0.5) is 5.82 Å². The second-order valence-corrected chi connectivity index (χ2v) is 6.11. The van der Waals surface area contributed by atoms with E-state index in [0.29, 0.717) is 17.8 Å². The van der Waals surface area contributed by atoms with Crippen LogP contribution in [-0.2, 0) is 14.1 Å². The van der Waals surface area contributed by atoms with E-state index in [-0.39, 0.29) is 11.3 Å². The highest BCUT2D eigenvalue weighted by atomic mass is 16.2. The van der Waals surface area contributed by atoms with Gasteiger partial charge in [-0.3, -0.25) is 13.9 Å². The molecule has 1 saturated carbocycles. The van der Waals surface area contributed by atoms with Gasteiger partial charge in [0.05, 0.1) is 0 Å². The van der Waals surface area contributed by atoms with Gasteiger partial charge in [0.25, 0.3) is 5.56 Å². The Kier molecular flexibility index (Phi) is 3.36. The Morgan fingerprint density at radius 1 is 1.10 bits per heavy atom. The first kappa shape index (κ1) is 13.9. The molecule has 2 atom stereocenters. The lowest BCUT2D eigenvalue weighted by Crippen LogP contribution is -2.45. The zero-order chi connectivity index (χ0) is 15.1. The minimum Gasteiger partial charge on any atom is -0.353 e. The number of fused-ring (bicyclic) bond motifs is 1. The maximum atomic E-state index is 12.2. The summed E-state index contributed by atoms with van der Waals surface area (Å²) in [6, 6.07) is 2.37. The zero-order valence-corrected chi connectivity index (χ0v) is 12.5. The summed E-state index contributed by atoms with van der Waals surface area (Å²) >= 11 is 0. The number of nitrogens with zero attached hydrogens (tertiary/aromatic N) is 4. The highest BCUT2D eigenvalue weighted by Gasteiger charge is 2.38. The van der Waals surface area contributed by atoms with Gasteiger partial charge in [-0.25, -0.2) is 4.79 Å². The molecular formula is C15H20N4O2. The van der Waals surface area contributed by atoms with Crippen LogP contribution in [0.15, 0.2) is 9.59 Å². The zero-order valence-electron chi connectivity index (χ0n) is 12.5. The van der Waals surface area contributed by atoms with Gasteiger partial charge in [0, 0.05) is 26.7 Å². The van der Waals surface area contributed by atoms with Gasteiger partial charge in [-0.2, -0.15) is 5.26 Å². The highest BCUT2D eigenvalue weighted by molar-refractivity contribution is 5.55. The molecule has 21 heavy (non-hydrogen) atoms. The molecule has 1 aromatic heterocycles. The van der Waals surface area contributed by atoms with Crippen molar-refractivity contribution < 1.29 is 0 Å². The quantitative estimate of drug-likeness (QED) is 0.763. The number of hydrogen-bond donors (Lipinski definition) is 0. The van der Waals surface area contributed by atoms with E-state index in [9.17, 15) is 14.9 Å². The van der Waals surface area contributed by atoms with E-state index < -0.39 is 5.56 Å². The summed E-state index contributed by atoms with van der Waals surface area (Å²) in [5.74, 6) is 1.14. The molecule has 2 heterocycles. The Hall–Kier alpha value is -2.03. The lowest BCUT2D eigenvalue weighted by atomic mass is 9.85. The molecule has 0 N–H and O–H groups in total. The van der Waals surface area contributed by atoms with Crippen LogP contribution < -0.4 is 16.1 Å². The average molecular weight is 288 g/mol. The second kappa shape index (κ2) is 5.06. The van der Waals surface area contributed by atoms with E-state index >= 15 is 0 Å². The fourth-order valence-corrected chi connectivity index (χ4v) is 3.94. The predicted octanol–water partition coefficient (Wildman–Crippen LogP) is 0.725. The SMILES string of the molecule is Cn1c(N2CC[C@@H]3CCCC[C@H]32)c(C#N)c(=O)n(C)c1=O. The number of anilines is 1. The van der Waals surface area contributed by atoms with Crippen LogP contribution in [0.5, 0.6) is 0 Å². The molecule has 0 bridgehead atoms. The first-order chi connectivity index (χ1) is 10.1. The third-order valence-corrected chi connectivity index (χ3v) is 5.03. The van der Waals surface area contributed by atoms with E-state index in [0.717, 1.165) is 24.0 Å². The standard InChI is InChI=1S/C15H20N4O2/c1-17-13(11(9-16)14(20)18(2)15(17)21)19-8-7-10-5-3-4-6-12(10)19/h10,12H,3-8H2,1-2H3/t10-,12+/m0/s1. The first-order valence-electron chi connectivity index (χ1n) is 7.53. The Morgan fingerprint density at radius 3 is 2.52 bits per heavy atom. The lowest BCUT2D eigenvalue weighted by Gasteiger charge is -2.34. The van der Waals surface area contributed by atoms with Crippen molar-refractivity contribution in [3.63, 3.8) is 0 Å². The molecule has 3 rings (SSSR count). The van der Waals surface area contributed by atoms with Crippen molar-refractivity contribution in [2.45, 2.75) is 38.1 Å². The van der Waals surface area contributed by atoms with Crippen molar-refractivity contribution in [1.29, 1.82) is 5.26 Å². The third kappa shape index (κ3) is 1.99. The number of rotatable bonds is 1. The molecule has 0 radical (unpaired) electrons. The Morgan fingerprint density at radius 2 is 1.81 bits per heavy atom. The molecule has 6 nitrogen and oxygen atoms in total. The Labute approximate surface area is 123 Å². The van der Waals surface area contributed by atoms with E-state index in [4.69, 9.17) is 0 Å². The summed E-state index contributed by atoms with van der Waals surface area (Å²) in [5.41, 5.74) is -0.769. The van der Waals surface area contributed by atoms with Crippen molar-refractivity contribution in [2.75, 3.05) is 11.4 Å². The third-order valence-electron chi connectivity index (χ3n) is 5.03. The van der Waals surface area contributed by atoms with Crippen LogP contribution in [0.25, 0.3) is 0 Å². The molecular weight excluding hydrogens is 268 g/mol. The van der Waals surface area contributed by atoms with Crippen LogP contribution >= 0.6 is 0 Å². The molecule has 1 aliphatic heterocycles. The highest BCUT2D eigenvalue weighted by Crippen LogP contribution is 2.38. The number of aromatic nitrogens is 2. The predicted molar refractivity (Wildman–Crippen MR) is 79.3 cm³/mol. The molecule has 112 valence electrons. The average Bonchev–Trinajstić information content (AvgIpc) is 2.92. The molecule has 2 aliphatic rings. The summed E-state index contributed by atoms with van der Waals surface area (Å²) in [6.45, 7) is 0.824. The van der Waals surface area contributed by atoms with Crippen LogP contribution in [-0.4, -0.2) is 21.7 Å². The van der Waals surface area contributed by atoms with E-state index in [2.05, 4.69) is 4.90 Å². The van der Waals surface area contributed by atoms with Gasteiger partial charge in [-0.1, -0.05) is 12.8 Å². The Balaban J connectivity index is 2.17. The van der Waals surface area contributed by atoms with E-state index in [1.165, 1.54) is 30.9 Å². The molecule has 2 fully saturated rings. The first-order valence-corrected chi connectivity index (χ1v) is 7.53. The van der Waals surface area contributed by atoms with Gasteiger partial charge < -0.3 is 4.90 Å². The van der Waals surface area contributed by atoms with Crippen LogP contribution in [0.1, 0.15) is 37.7 Å². The number of hydrogen-bond acceptors (Lipinski definition) is 4. The minimum atomic E-state index is -0.491. The van der Waals surface area contributed by atoms with Gasteiger partial charge in [0.2, 0.25) is 0 Å². The molecule has 1 aromatic rings. The van der Waals surface area contributed by atoms with Gasteiger partial charge >= 0.3 is 5.69 Å². The summed E-state index contributed by atoms with van der Waals surface area (Å²) < 4.78 is 2.47. The summed E-state index contributed by atoms with van der Waals surface area (Å²) in [6.07, 6.45) is 5.81. The largest absolute Gasteiger partial charge is 0.353 e. The smallest absolute Gasteiger partial charge is 0.332 e. The molecule has 0 amide bonds. The molecule has 1 saturated heterocycles. The van der Waals surface area contributed by atoms with Crippen LogP contribution in [0.3, 0.4) is 0 Å². The summed E-state index contributed by atoms with van der Waals surface area (Å²) in [7, 11) is 3.07. The molecule has 0 unspecified atom stereocenters. The van der Waals surface area contributed by atoms with Crippen LogP contribution in [0.2, 0.25) is 0 Å². The second-order valence-electron chi connectivity index (χ2n) is 6.11. The van der Waals surface area contributed by atoms with Crippen LogP contribution in [0, 0.1) is 17.2 Å². The summed E-state index contributed by atoms with van der Waals surface area (Å²) in [5, 5.41) is 9.39. The normalized spacial score (nSPS) is 24.7. The molecule has 1 aliphatic carbocycles. The van der Waals surface area contributed by atoms with Crippen molar-refractivity contribution in [1.82, 2.24) is 9.13 Å². The monoisotopic (exact) mass is 288 g/mol. The maximum absolute atomic E-state index is 12.2. The van der Waals surface area contributed by atoms with Gasteiger partial charge in [-0.15, -0.1) is 0 Å². The van der Waals surface area contributed by atoms with Gasteiger partial charge in [-0.05, 0) is 25.2 Å². The van der Waals surface area contributed by atoms with E-state index in [1.807, 2.05) is 6.07 Å².